The molecule has 2 aromatic rings. The maximum absolute atomic E-state index is 12.6. The van der Waals surface area contributed by atoms with Crippen LogP contribution in [0.2, 0.25) is 0 Å². The van der Waals surface area contributed by atoms with Crippen LogP contribution < -0.4 is 19.5 Å². The molecular formula is C18H19NO4. The van der Waals surface area contributed by atoms with Crippen molar-refractivity contribution in [3.63, 3.8) is 0 Å². The average Bonchev–Trinajstić information content (AvgIpc) is 2.56. The fourth-order valence-electron chi connectivity index (χ4n) is 2.46. The van der Waals surface area contributed by atoms with E-state index in [9.17, 15) is 4.79 Å². The summed E-state index contributed by atoms with van der Waals surface area (Å²) in [5.74, 6) is 1.59. The number of para-hydroxylation sites is 4. The smallest absolute Gasteiger partial charge is 0.269 e. The summed E-state index contributed by atoms with van der Waals surface area (Å²) in [6.07, 6.45) is -1.11. The number of amides is 1. The molecule has 0 unspecified atom stereocenters. The van der Waals surface area contributed by atoms with Crippen LogP contribution in [0.1, 0.15) is 13.8 Å². The summed E-state index contributed by atoms with van der Waals surface area (Å²) >= 11 is 0. The molecule has 0 saturated carbocycles. The number of ether oxygens (including phenoxy) is 3. The lowest BCUT2D eigenvalue weighted by Crippen LogP contribution is -2.46. The molecule has 2 aromatic carbocycles. The van der Waals surface area contributed by atoms with Crippen LogP contribution in [0, 0.1) is 0 Å². The third-order valence-electron chi connectivity index (χ3n) is 3.55. The molecule has 3 rings (SSSR count). The highest BCUT2D eigenvalue weighted by atomic mass is 16.6. The Morgan fingerprint density at radius 3 is 2.48 bits per heavy atom. The van der Waals surface area contributed by atoms with E-state index in [1.807, 2.05) is 50.2 Å². The van der Waals surface area contributed by atoms with Gasteiger partial charge in [-0.15, -0.1) is 0 Å². The van der Waals surface area contributed by atoms with Gasteiger partial charge in [0.15, 0.2) is 11.5 Å². The highest BCUT2D eigenvalue weighted by molar-refractivity contribution is 5.96. The molecule has 0 aromatic heterocycles. The van der Waals surface area contributed by atoms with Crippen molar-refractivity contribution in [2.24, 2.45) is 0 Å². The maximum Gasteiger partial charge on any atom is 0.269 e. The number of hydrogen-bond donors (Lipinski definition) is 1. The summed E-state index contributed by atoms with van der Waals surface area (Å²) in [6, 6.07) is 14.6. The van der Waals surface area contributed by atoms with Gasteiger partial charge in [-0.25, -0.2) is 0 Å². The van der Waals surface area contributed by atoms with Crippen molar-refractivity contribution < 1.29 is 19.0 Å². The fourth-order valence-corrected chi connectivity index (χ4v) is 2.46. The molecule has 1 aliphatic rings. The lowest BCUT2D eigenvalue weighted by Gasteiger charge is -2.31. The van der Waals surface area contributed by atoms with Gasteiger partial charge in [-0.1, -0.05) is 24.3 Å². The first kappa shape index (κ1) is 15.2. The normalized spacial score (nSPS) is 19.0. The van der Waals surface area contributed by atoms with Gasteiger partial charge >= 0.3 is 0 Å². The van der Waals surface area contributed by atoms with Crippen LogP contribution >= 0.6 is 0 Å². The molecule has 0 aliphatic carbocycles. The van der Waals surface area contributed by atoms with Gasteiger partial charge in [0.05, 0.1) is 12.3 Å². The molecule has 0 saturated heterocycles. The topological polar surface area (TPSA) is 56.8 Å². The van der Waals surface area contributed by atoms with E-state index in [4.69, 9.17) is 14.2 Å². The SMILES string of the molecule is CCOc1ccccc1NC(=O)[C@H]1Oc2ccccc2O[C@@H]1C. The highest BCUT2D eigenvalue weighted by Gasteiger charge is 2.34. The van der Waals surface area contributed by atoms with E-state index in [0.717, 1.165) is 0 Å². The number of carbonyl (C=O) groups is 1. The van der Waals surface area contributed by atoms with Crippen molar-refractivity contribution in [3.05, 3.63) is 48.5 Å². The van der Waals surface area contributed by atoms with Gasteiger partial charge in [-0.05, 0) is 38.1 Å². The highest BCUT2D eigenvalue weighted by Crippen LogP contribution is 2.34. The van der Waals surface area contributed by atoms with Crippen molar-refractivity contribution in [2.75, 3.05) is 11.9 Å². The molecular weight excluding hydrogens is 294 g/mol. The molecule has 0 spiro atoms. The third kappa shape index (κ3) is 3.23. The van der Waals surface area contributed by atoms with Gasteiger partial charge in [0.1, 0.15) is 11.9 Å². The van der Waals surface area contributed by atoms with Crippen LogP contribution in [0.5, 0.6) is 17.2 Å². The molecule has 23 heavy (non-hydrogen) atoms. The van der Waals surface area contributed by atoms with Gasteiger partial charge in [-0.3, -0.25) is 4.79 Å². The molecule has 0 radical (unpaired) electrons. The first-order valence-electron chi connectivity index (χ1n) is 7.64. The number of benzene rings is 2. The second-order valence-electron chi connectivity index (χ2n) is 5.23. The van der Waals surface area contributed by atoms with E-state index in [1.54, 1.807) is 12.1 Å². The molecule has 1 heterocycles. The van der Waals surface area contributed by atoms with Crippen LogP contribution in [0.3, 0.4) is 0 Å². The van der Waals surface area contributed by atoms with E-state index in [1.165, 1.54) is 0 Å². The molecule has 0 bridgehead atoms. The monoisotopic (exact) mass is 313 g/mol. The Balaban J connectivity index is 1.76. The van der Waals surface area contributed by atoms with Crippen LogP contribution in [-0.4, -0.2) is 24.7 Å². The predicted molar refractivity (Wildman–Crippen MR) is 87.2 cm³/mol. The van der Waals surface area contributed by atoms with Gasteiger partial charge < -0.3 is 19.5 Å². The quantitative estimate of drug-likeness (QED) is 0.941. The van der Waals surface area contributed by atoms with Gasteiger partial charge in [-0.2, -0.15) is 0 Å². The number of rotatable bonds is 4. The molecule has 0 fully saturated rings. The summed E-state index contributed by atoms with van der Waals surface area (Å²) in [5.41, 5.74) is 0.619. The summed E-state index contributed by atoms with van der Waals surface area (Å²) in [5, 5.41) is 2.86. The van der Waals surface area contributed by atoms with Crippen molar-refractivity contribution in [3.8, 4) is 17.2 Å². The molecule has 1 N–H and O–H groups in total. The Kier molecular flexibility index (Phi) is 4.37. The first-order valence-corrected chi connectivity index (χ1v) is 7.64. The second-order valence-corrected chi connectivity index (χ2v) is 5.23. The van der Waals surface area contributed by atoms with Crippen molar-refractivity contribution in [1.29, 1.82) is 0 Å². The minimum Gasteiger partial charge on any atom is -0.492 e. The maximum atomic E-state index is 12.6. The van der Waals surface area contributed by atoms with Crippen molar-refractivity contribution >= 4 is 11.6 Å². The molecule has 120 valence electrons. The Hall–Kier alpha value is -2.69. The summed E-state index contributed by atoms with van der Waals surface area (Å²) in [7, 11) is 0. The fraction of sp³-hybridized carbons (Fsp3) is 0.278. The van der Waals surface area contributed by atoms with E-state index in [2.05, 4.69) is 5.32 Å². The van der Waals surface area contributed by atoms with Gasteiger partial charge in [0.25, 0.3) is 5.91 Å². The Morgan fingerprint density at radius 2 is 1.74 bits per heavy atom. The largest absolute Gasteiger partial charge is 0.492 e. The lowest BCUT2D eigenvalue weighted by molar-refractivity contribution is -0.128. The van der Waals surface area contributed by atoms with Gasteiger partial charge in [0.2, 0.25) is 6.10 Å². The first-order chi connectivity index (χ1) is 11.2. The zero-order valence-electron chi connectivity index (χ0n) is 13.1. The molecule has 5 heteroatoms. The summed E-state index contributed by atoms with van der Waals surface area (Å²) in [6.45, 7) is 4.24. The predicted octanol–water partition coefficient (Wildman–Crippen LogP) is 3.25. The van der Waals surface area contributed by atoms with E-state index in [-0.39, 0.29) is 12.0 Å². The number of fused-ring (bicyclic) bond motifs is 1. The molecule has 1 aliphatic heterocycles. The zero-order chi connectivity index (χ0) is 16.2. The van der Waals surface area contributed by atoms with Crippen LogP contribution in [0.25, 0.3) is 0 Å². The number of hydrogen-bond acceptors (Lipinski definition) is 4. The Morgan fingerprint density at radius 1 is 1.09 bits per heavy atom. The van der Waals surface area contributed by atoms with Crippen molar-refractivity contribution in [2.45, 2.75) is 26.1 Å². The Bertz CT molecular complexity index is 701. The van der Waals surface area contributed by atoms with Crippen LogP contribution in [0.4, 0.5) is 5.69 Å². The standard InChI is InChI=1S/C18H19NO4/c1-3-21-14-9-5-4-8-13(14)19-18(20)17-12(2)22-15-10-6-7-11-16(15)23-17/h4-12,17H,3H2,1-2H3,(H,19,20)/t12-,17+/m1/s1. The number of carbonyl (C=O) groups excluding carboxylic acids is 1. The van der Waals surface area contributed by atoms with Crippen molar-refractivity contribution in [1.82, 2.24) is 0 Å². The molecule has 1 amide bonds. The number of anilines is 1. The van der Waals surface area contributed by atoms with E-state index in [0.29, 0.717) is 29.5 Å². The second kappa shape index (κ2) is 6.60. The molecule has 2 atom stereocenters. The summed E-state index contributed by atoms with van der Waals surface area (Å²) in [4.78, 5) is 12.6. The van der Waals surface area contributed by atoms with E-state index >= 15 is 0 Å². The average molecular weight is 313 g/mol. The summed E-state index contributed by atoms with van der Waals surface area (Å²) < 4.78 is 17.1. The Labute approximate surface area is 135 Å². The minimum absolute atomic E-state index is 0.265. The van der Waals surface area contributed by atoms with Crippen LogP contribution in [-0.2, 0) is 4.79 Å². The van der Waals surface area contributed by atoms with Gasteiger partial charge in [0, 0.05) is 0 Å². The lowest BCUT2D eigenvalue weighted by atomic mass is 10.1. The molecule has 5 nitrogen and oxygen atoms in total. The van der Waals surface area contributed by atoms with E-state index < -0.39 is 6.10 Å². The third-order valence-corrected chi connectivity index (χ3v) is 3.55. The number of nitrogens with one attached hydrogen (secondary N) is 1. The minimum atomic E-state index is -0.723. The zero-order valence-corrected chi connectivity index (χ0v) is 13.1. The van der Waals surface area contributed by atoms with Crippen LogP contribution in [0.15, 0.2) is 48.5 Å².